The Morgan fingerprint density at radius 2 is 2.26 bits per heavy atom. The molecule has 7 heteroatoms. The quantitative estimate of drug-likeness (QED) is 0.804. The predicted octanol–water partition coefficient (Wildman–Crippen LogP) is 1.38. The van der Waals surface area contributed by atoms with Crippen molar-refractivity contribution in [3.63, 3.8) is 0 Å². The minimum atomic E-state index is -0.177. The summed E-state index contributed by atoms with van der Waals surface area (Å²) in [6, 6.07) is 5.30. The molecule has 23 heavy (non-hydrogen) atoms. The molecule has 6 nitrogen and oxygen atoms in total. The normalized spacial score (nSPS) is 17.7. The van der Waals surface area contributed by atoms with Crippen molar-refractivity contribution in [2.75, 3.05) is 33.3 Å². The van der Waals surface area contributed by atoms with Gasteiger partial charge in [0.15, 0.2) is 0 Å². The molecule has 0 saturated carbocycles. The highest BCUT2D eigenvalue weighted by Gasteiger charge is 2.29. The zero-order chi connectivity index (χ0) is 16.8. The van der Waals surface area contributed by atoms with Crippen LogP contribution in [-0.4, -0.2) is 50.0 Å². The molecule has 1 fully saturated rings. The number of benzene rings is 1. The lowest BCUT2D eigenvalue weighted by Gasteiger charge is -2.32. The van der Waals surface area contributed by atoms with Crippen LogP contribution in [0, 0.1) is 5.92 Å². The van der Waals surface area contributed by atoms with Crippen LogP contribution in [0.2, 0.25) is 0 Å². The van der Waals surface area contributed by atoms with Gasteiger partial charge in [-0.3, -0.25) is 9.59 Å². The van der Waals surface area contributed by atoms with Crippen LogP contribution in [0.4, 0.5) is 0 Å². The van der Waals surface area contributed by atoms with Crippen LogP contribution in [0.5, 0.6) is 5.75 Å². The Bertz CT molecular complexity index is 580. The van der Waals surface area contributed by atoms with E-state index in [1.165, 1.54) is 0 Å². The second-order valence-corrected chi connectivity index (χ2v) is 6.37. The van der Waals surface area contributed by atoms with E-state index in [1.54, 1.807) is 30.2 Å². The zero-order valence-corrected chi connectivity index (χ0v) is 14.8. The molecule has 0 aliphatic carbocycles. The zero-order valence-electron chi connectivity index (χ0n) is 13.2. The fraction of sp³-hybridized carbons (Fsp3) is 0.500. The van der Waals surface area contributed by atoms with Gasteiger partial charge in [-0.15, -0.1) is 0 Å². The maximum Gasteiger partial charge on any atom is 0.255 e. The Morgan fingerprint density at radius 3 is 2.96 bits per heavy atom. The molecule has 0 spiro atoms. The molecular formula is C16H22BrN3O3. The van der Waals surface area contributed by atoms with E-state index >= 15 is 0 Å². The summed E-state index contributed by atoms with van der Waals surface area (Å²) in [5, 5.41) is 2.80. The third kappa shape index (κ3) is 4.45. The minimum Gasteiger partial charge on any atom is -0.497 e. The summed E-state index contributed by atoms with van der Waals surface area (Å²) in [4.78, 5) is 26.6. The Hall–Kier alpha value is -1.60. The van der Waals surface area contributed by atoms with E-state index in [9.17, 15) is 9.59 Å². The monoisotopic (exact) mass is 383 g/mol. The van der Waals surface area contributed by atoms with Crippen molar-refractivity contribution in [2.45, 2.75) is 12.8 Å². The van der Waals surface area contributed by atoms with Gasteiger partial charge in [-0.2, -0.15) is 0 Å². The van der Waals surface area contributed by atoms with Crippen LogP contribution < -0.4 is 15.8 Å². The highest BCUT2D eigenvalue weighted by atomic mass is 79.9. The average molecular weight is 384 g/mol. The molecule has 3 N–H and O–H groups in total. The van der Waals surface area contributed by atoms with Crippen LogP contribution in [0.3, 0.4) is 0 Å². The maximum atomic E-state index is 12.8. The van der Waals surface area contributed by atoms with Gasteiger partial charge >= 0.3 is 0 Å². The van der Waals surface area contributed by atoms with Crippen molar-refractivity contribution in [3.8, 4) is 5.75 Å². The molecule has 126 valence electrons. The van der Waals surface area contributed by atoms with Crippen LogP contribution >= 0.6 is 15.9 Å². The van der Waals surface area contributed by atoms with Gasteiger partial charge in [-0.25, -0.2) is 0 Å². The number of likely N-dealkylation sites (tertiary alicyclic amines) is 1. The third-order valence-corrected chi connectivity index (χ3v) is 4.62. The SMILES string of the molecule is COc1ccc(Br)c(C(=O)N2CCCC(C(=O)NCCN)C2)c1. The molecule has 1 aromatic carbocycles. The number of carbonyl (C=O) groups excluding carboxylic acids is 2. The summed E-state index contributed by atoms with van der Waals surface area (Å²) in [7, 11) is 1.57. The van der Waals surface area contributed by atoms with E-state index in [4.69, 9.17) is 10.5 Å². The smallest absolute Gasteiger partial charge is 0.255 e. The van der Waals surface area contributed by atoms with Crippen LogP contribution in [-0.2, 0) is 4.79 Å². The van der Waals surface area contributed by atoms with Crippen molar-refractivity contribution in [3.05, 3.63) is 28.2 Å². The van der Waals surface area contributed by atoms with Crippen LogP contribution in [0.15, 0.2) is 22.7 Å². The van der Waals surface area contributed by atoms with E-state index in [-0.39, 0.29) is 17.7 Å². The Labute approximate surface area is 144 Å². The lowest BCUT2D eigenvalue weighted by molar-refractivity contribution is -0.126. The van der Waals surface area contributed by atoms with Crippen molar-refractivity contribution in [2.24, 2.45) is 11.7 Å². The highest BCUT2D eigenvalue weighted by molar-refractivity contribution is 9.10. The predicted molar refractivity (Wildman–Crippen MR) is 91.4 cm³/mol. The molecule has 0 bridgehead atoms. The van der Waals surface area contributed by atoms with E-state index in [0.29, 0.717) is 37.5 Å². The third-order valence-electron chi connectivity index (χ3n) is 3.93. The van der Waals surface area contributed by atoms with Crippen LogP contribution in [0.1, 0.15) is 23.2 Å². The summed E-state index contributed by atoms with van der Waals surface area (Å²) in [6.07, 6.45) is 1.60. The van der Waals surface area contributed by atoms with E-state index in [0.717, 1.165) is 17.3 Å². The van der Waals surface area contributed by atoms with Gasteiger partial charge in [-0.1, -0.05) is 0 Å². The summed E-state index contributed by atoms with van der Waals surface area (Å²) in [6.45, 7) is 1.96. The number of amides is 2. The van der Waals surface area contributed by atoms with E-state index in [2.05, 4.69) is 21.2 Å². The number of piperidine rings is 1. The number of hydrogen-bond acceptors (Lipinski definition) is 4. The number of halogens is 1. The number of methoxy groups -OCH3 is 1. The van der Waals surface area contributed by atoms with Crippen molar-refractivity contribution in [1.82, 2.24) is 10.2 Å². The van der Waals surface area contributed by atoms with Gasteiger partial charge in [0.1, 0.15) is 5.75 Å². The van der Waals surface area contributed by atoms with Crippen LogP contribution in [0.25, 0.3) is 0 Å². The number of carbonyl (C=O) groups is 2. The number of ether oxygens (including phenoxy) is 1. The molecule has 1 aliphatic rings. The van der Waals surface area contributed by atoms with E-state index < -0.39 is 0 Å². The lowest BCUT2D eigenvalue weighted by atomic mass is 9.96. The van der Waals surface area contributed by atoms with E-state index in [1.807, 2.05) is 0 Å². The molecule has 0 aromatic heterocycles. The molecular weight excluding hydrogens is 362 g/mol. The molecule has 1 aliphatic heterocycles. The van der Waals surface area contributed by atoms with Gasteiger partial charge in [0.25, 0.3) is 5.91 Å². The molecule has 0 radical (unpaired) electrons. The summed E-state index contributed by atoms with van der Waals surface area (Å²) in [5.74, 6) is 0.333. The summed E-state index contributed by atoms with van der Waals surface area (Å²) < 4.78 is 5.90. The molecule has 2 rings (SSSR count). The second kappa shape index (κ2) is 8.31. The fourth-order valence-corrected chi connectivity index (χ4v) is 3.10. The van der Waals surface area contributed by atoms with Gasteiger partial charge in [0, 0.05) is 30.7 Å². The number of rotatable bonds is 5. The molecule has 2 amide bonds. The standard InChI is InChI=1S/C16H22BrN3O3/c1-23-12-4-5-14(17)13(9-12)16(22)20-8-2-3-11(10-20)15(21)19-7-6-18/h4-5,9,11H,2-3,6-8,10,18H2,1H3,(H,19,21). The summed E-state index contributed by atoms with van der Waals surface area (Å²) >= 11 is 3.41. The van der Waals surface area contributed by atoms with Crippen molar-refractivity contribution >= 4 is 27.7 Å². The lowest BCUT2D eigenvalue weighted by Crippen LogP contribution is -2.46. The molecule has 1 unspecified atom stereocenters. The van der Waals surface area contributed by atoms with Gasteiger partial charge in [0.05, 0.1) is 18.6 Å². The van der Waals surface area contributed by atoms with Gasteiger partial charge in [0.2, 0.25) is 5.91 Å². The minimum absolute atomic E-state index is 0.0299. The Kier molecular flexibility index (Phi) is 6.41. The Morgan fingerprint density at radius 1 is 1.48 bits per heavy atom. The topological polar surface area (TPSA) is 84.7 Å². The first kappa shape index (κ1) is 17.7. The van der Waals surface area contributed by atoms with Crippen molar-refractivity contribution < 1.29 is 14.3 Å². The first-order chi connectivity index (χ1) is 11.1. The number of nitrogens with zero attached hydrogens (tertiary/aromatic N) is 1. The fourth-order valence-electron chi connectivity index (χ4n) is 2.68. The maximum absolute atomic E-state index is 12.8. The number of nitrogens with one attached hydrogen (secondary N) is 1. The van der Waals surface area contributed by atoms with Gasteiger partial charge < -0.3 is 20.7 Å². The molecule has 1 aromatic rings. The Balaban J connectivity index is 2.09. The second-order valence-electron chi connectivity index (χ2n) is 5.52. The first-order valence-corrected chi connectivity index (χ1v) is 8.46. The average Bonchev–Trinajstić information content (AvgIpc) is 2.59. The molecule has 1 saturated heterocycles. The molecule has 1 atom stereocenters. The highest BCUT2D eigenvalue weighted by Crippen LogP contribution is 2.26. The number of nitrogens with two attached hydrogens (primary N) is 1. The summed E-state index contributed by atoms with van der Waals surface area (Å²) in [5.41, 5.74) is 5.95. The molecule has 1 heterocycles. The van der Waals surface area contributed by atoms with Crippen molar-refractivity contribution in [1.29, 1.82) is 0 Å². The number of hydrogen-bond donors (Lipinski definition) is 2. The largest absolute Gasteiger partial charge is 0.497 e. The van der Waals surface area contributed by atoms with Gasteiger partial charge in [-0.05, 0) is 47.0 Å². The first-order valence-electron chi connectivity index (χ1n) is 7.67.